The van der Waals surface area contributed by atoms with Crippen molar-refractivity contribution in [2.45, 2.75) is 13.2 Å². The highest BCUT2D eigenvalue weighted by Gasteiger charge is 2.05. The summed E-state index contributed by atoms with van der Waals surface area (Å²) >= 11 is 0. The van der Waals surface area contributed by atoms with Gasteiger partial charge in [-0.05, 0) is 47.4 Å². The minimum absolute atomic E-state index is 0.259. The number of ketones is 1. The van der Waals surface area contributed by atoms with E-state index in [1.54, 1.807) is 18.2 Å². The zero-order valence-electron chi connectivity index (χ0n) is 17.5. The molecule has 0 saturated carbocycles. The van der Waals surface area contributed by atoms with Gasteiger partial charge in [-0.1, -0.05) is 84.8 Å². The van der Waals surface area contributed by atoms with E-state index < -0.39 is 0 Å². The van der Waals surface area contributed by atoms with Gasteiger partial charge in [0, 0.05) is 11.1 Å². The molecule has 0 amide bonds. The SMILES string of the molecule is O=C(C#Cc1cccc(OCc2ccccc2)c1)c1cccc(OCc2ccccc2)c1. The Morgan fingerprint density at radius 2 is 1.19 bits per heavy atom. The van der Waals surface area contributed by atoms with E-state index in [1.807, 2.05) is 91.0 Å². The summed E-state index contributed by atoms with van der Waals surface area (Å²) in [7, 11) is 0. The third-order valence-corrected chi connectivity index (χ3v) is 4.75. The summed E-state index contributed by atoms with van der Waals surface area (Å²) in [5, 5.41) is 0. The van der Waals surface area contributed by atoms with Crippen LogP contribution in [0.3, 0.4) is 0 Å². The fraction of sp³-hybridized carbons (Fsp3) is 0.0690. The lowest BCUT2D eigenvalue weighted by atomic mass is 10.1. The fourth-order valence-electron chi connectivity index (χ4n) is 3.07. The molecule has 156 valence electrons. The van der Waals surface area contributed by atoms with Crippen LogP contribution in [0.1, 0.15) is 27.0 Å². The second kappa shape index (κ2) is 10.7. The van der Waals surface area contributed by atoms with Crippen LogP contribution in [-0.4, -0.2) is 5.78 Å². The Bertz CT molecular complexity index is 1240. The van der Waals surface area contributed by atoms with E-state index in [0.717, 1.165) is 16.7 Å². The predicted octanol–water partition coefficient (Wildman–Crippen LogP) is 6.08. The van der Waals surface area contributed by atoms with Crippen molar-refractivity contribution < 1.29 is 14.3 Å². The summed E-state index contributed by atoms with van der Waals surface area (Å²) in [5.74, 6) is 6.75. The van der Waals surface area contributed by atoms with Gasteiger partial charge in [-0.3, -0.25) is 4.79 Å². The second-order valence-electron chi connectivity index (χ2n) is 7.18. The molecule has 0 aromatic heterocycles. The minimum atomic E-state index is -0.259. The van der Waals surface area contributed by atoms with Crippen molar-refractivity contribution in [3.05, 3.63) is 131 Å². The molecule has 0 spiro atoms. The maximum Gasteiger partial charge on any atom is 0.236 e. The number of carbonyl (C=O) groups is 1. The lowest BCUT2D eigenvalue weighted by Crippen LogP contribution is -1.99. The molecule has 4 rings (SSSR count). The van der Waals surface area contributed by atoms with Crippen LogP contribution in [0.4, 0.5) is 0 Å². The lowest BCUT2D eigenvalue weighted by Gasteiger charge is -2.07. The van der Waals surface area contributed by atoms with Gasteiger partial charge >= 0.3 is 0 Å². The summed E-state index contributed by atoms with van der Waals surface area (Å²) in [4.78, 5) is 12.6. The average molecular weight is 418 g/mol. The van der Waals surface area contributed by atoms with Crippen LogP contribution in [0.5, 0.6) is 11.5 Å². The molecule has 4 aromatic carbocycles. The third-order valence-electron chi connectivity index (χ3n) is 4.75. The molecular weight excluding hydrogens is 396 g/mol. The number of Topliss-reactive ketones (excluding diaryl/α,β-unsaturated/α-hetero) is 1. The van der Waals surface area contributed by atoms with E-state index in [9.17, 15) is 4.79 Å². The highest BCUT2D eigenvalue weighted by molar-refractivity contribution is 6.09. The van der Waals surface area contributed by atoms with Gasteiger partial charge in [0.05, 0.1) is 0 Å². The van der Waals surface area contributed by atoms with Crippen molar-refractivity contribution in [2.24, 2.45) is 0 Å². The van der Waals surface area contributed by atoms with Crippen molar-refractivity contribution in [3.63, 3.8) is 0 Å². The first-order valence-electron chi connectivity index (χ1n) is 10.4. The quantitative estimate of drug-likeness (QED) is 0.270. The number of benzene rings is 4. The van der Waals surface area contributed by atoms with Crippen LogP contribution in [0, 0.1) is 11.8 Å². The van der Waals surface area contributed by atoms with E-state index >= 15 is 0 Å². The molecule has 0 aliphatic heterocycles. The molecule has 0 saturated heterocycles. The monoisotopic (exact) mass is 418 g/mol. The molecular formula is C29H22O3. The van der Waals surface area contributed by atoms with Crippen molar-refractivity contribution >= 4 is 5.78 Å². The Morgan fingerprint density at radius 3 is 1.81 bits per heavy atom. The second-order valence-corrected chi connectivity index (χ2v) is 7.18. The molecule has 0 atom stereocenters. The zero-order chi connectivity index (χ0) is 22.0. The zero-order valence-corrected chi connectivity index (χ0v) is 17.5. The largest absolute Gasteiger partial charge is 0.489 e. The van der Waals surface area contributed by atoms with Gasteiger partial charge in [-0.25, -0.2) is 0 Å². The predicted molar refractivity (Wildman–Crippen MR) is 126 cm³/mol. The summed E-state index contributed by atoms with van der Waals surface area (Å²) in [5.41, 5.74) is 3.38. The molecule has 4 aromatic rings. The van der Waals surface area contributed by atoms with Gasteiger partial charge in [-0.2, -0.15) is 0 Å². The van der Waals surface area contributed by atoms with E-state index in [4.69, 9.17) is 9.47 Å². The minimum Gasteiger partial charge on any atom is -0.489 e. The van der Waals surface area contributed by atoms with E-state index in [-0.39, 0.29) is 5.78 Å². The Kier molecular flexibility index (Phi) is 6.98. The van der Waals surface area contributed by atoms with E-state index in [0.29, 0.717) is 30.3 Å². The van der Waals surface area contributed by atoms with Crippen LogP contribution < -0.4 is 9.47 Å². The van der Waals surface area contributed by atoms with Gasteiger partial charge in [0.25, 0.3) is 0 Å². The van der Waals surface area contributed by atoms with Crippen LogP contribution in [-0.2, 0) is 13.2 Å². The first kappa shape index (κ1) is 21.0. The van der Waals surface area contributed by atoms with Crippen LogP contribution >= 0.6 is 0 Å². The van der Waals surface area contributed by atoms with Gasteiger partial charge in [0.2, 0.25) is 5.78 Å². The first-order chi connectivity index (χ1) is 15.8. The van der Waals surface area contributed by atoms with Crippen molar-refractivity contribution in [3.8, 4) is 23.3 Å². The van der Waals surface area contributed by atoms with Gasteiger partial charge < -0.3 is 9.47 Å². The van der Waals surface area contributed by atoms with Crippen LogP contribution in [0.15, 0.2) is 109 Å². The summed E-state index contributed by atoms with van der Waals surface area (Å²) < 4.78 is 11.6. The van der Waals surface area contributed by atoms with Gasteiger partial charge in [0.1, 0.15) is 24.7 Å². The van der Waals surface area contributed by atoms with Gasteiger partial charge in [-0.15, -0.1) is 0 Å². The fourth-order valence-corrected chi connectivity index (χ4v) is 3.07. The molecule has 0 heterocycles. The molecule has 32 heavy (non-hydrogen) atoms. The smallest absolute Gasteiger partial charge is 0.236 e. The van der Waals surface area contributed by atoms with Gasteiger partial charge in [0.15, 0.2) is 0 Å². The molecule has 0 radical (unpaired) electrons. The number of ether oxygens (including phenoxy) is 2. The normalized spacial score (nSPS) is 10.0. The Labute approximate surface area is 188 Å². The van der Waals surface area contributed by atoms with Crippen molar-refractivity contribution in [2.75, 3.05) is 0 Å². The average Bonchev–Trinajstić information content (AvgIpc) is 2.86. The highest BCUT2D eigenvalue weighted by atomic mass is 16.5. The third kappa shape index (κ3) is 6.10. The Balaban J connectivity index is 1.38. The summed E-state index contributed by atoms with van der Waals surface area (Å²) in [6, 6.07) is 34.4. The lowest BCUT2D eigenvalue weighted by molar-refractivity contribution is 0.105. The van der Waals surface area contributed by atoms with E-state index in [1.165, 1.54) is 0 Å². The number of rotatable bonds is 7. The number of carbonyl (C=O) groups excluding carboxylic acids is 1. The number of hydrogen-bond donors (Lipinski definition) is 0. The summed E-state index contributed by atoms with van der Waals surface area (Å²) in [6.07, 6.45) is 0. The van der Waals surface area contributed by atoms with Crippen LogP contribution in [0.25, 0.3) is 0 Å². The number of hydrogen-bond acceptors (Lipinski definition) is 3. The standard InChI is InChI=1S/C29H22O3/c30-29(26-14-8-16-28(20-26)32-22-25-11-5-2-6-12-25)18-17-23-13-7-15-27(19-23)31-21-24-9-3-1-4-10-24/h1-16,19-20H,21-22H2. The van der Waals surface area contributed by atoms with Crippen LogP contribution in [0.2, 0.25) is 0 Å². The molecule has 3 heteroatoms. The molecule has 0 bridgehead atoms. The van der Waals surface area contributed by atoms with Crippen molar-refractivity contribution in [1.29, 1.82) is 0 Å². The Morgan fingerprint density at radius 1 is 0.625 bits per heavy atom. The molecule has 0 fully saturated rings. The Hall–Kier alpha value is -4.29. The topological polar surface area (TPSA) is 35.5 Å². The maximum atomic E-state index is 12.6. The molecule has 0 N–H and O–H groups in total. The summed E-state index contributed by atoms with van der Waals surface area (Å²) in [6.45, 7) is 0.923. The molecule has 0 unspecified atom stereocenters. The maximum absolute atomic E-state index is 12.6. The first-order valence-corrected chi connectivity index (χ1v) is 10.4. The van der Waals surface area contributed by atoms with E-state index in [2.05, 4.69) is 11.8 Å². The highest BCUT2D eigenvalue weighted by Crippen LogP contribution is 2.17. The molecule has 0 aliphatic rings. The van der Waals surface area contributed by atoms with Crippen molar-refractivity contribution in [1.82, 2.24) is 0 Å². The molecule has 0 aliphatic carbocycles. The molecule has 3 nitrogen and oxygen atoms in total.